The summed E-state index contributed by atoms with van der Waals surface area (Å²) in [6.45, 7) is 0. The van der Waals surface area contributed by atoms with Crippen LogP contribution in [0.3, 0.4) is 0 Å². The topological polar surface area (TPSA) is 63.3 Å². The van der Waals surface area contributed by atoms with Gasteiger partial charge in [0.1, 0.15) is 5.69 Å². The van der Waals surface area contributed by atoms with Crippen molar-refractivity contribution >= 4 is 33.3 Å². The molecule has 1 N–H and O–H groups in total. The lowest BCUT2D eigenvalue weighted by molar-refractivity contribution is 0.491. The van der Waals surface area contributed by atoms with Crippen molar-refractivity contribution in [2.45, 2.75) is 10.6 Å². The second kappa shape index (κ2) is 6.73. The van der Waals surface area contributed by atoms with Gasteiger partial charge in [-0.3, -0.25) is 9.89 Å². The van der Waals surface area contributed by atoms with E-state index in [-0.39, 0.29) is 16.2 Å². The van der Waals surface area contributed by atoms with Crippen LogP contribution in [0.4, 0.5) is 8.78 Å². The fraction of sp³-hybridized carbons (Fsp3) is 0.0588. The van der Waals surface area contributed by atoms with Gasteiger partial charge in [-0.25, -0.2) is 18.3 Å². The molecule has 3 heterocycles. The maximum absolute atomic E-state index is 13.7. The molecule has 0 fully saturated rings. The van der Waals surface area contributed by atoms with E-state index in [1.165, 1.54) is 22.7 Å². The summed E-state index contributed by atoms with van der Waals surface area (Å²) in [5, 5.41) is 2.92. The molecule has 26 heavy (non-hydrogen) atoms. The minimum absolute atomic E-state index is 0.169. The second-order valence-electron chi connectivity index (χ2n) is 5.39. The third kappa shape index (κ3) is 3.19. The van der Waals surface area contributed by atoms with Gasteiger partial charge in [-0.05, 0) is 40.2 Å². The molecule has 0 aliphatic heterocycles. The van der Waals surface area contributed by atoms with Crippen LogP contribution >= 0.6 is 27.7 Å². The molecule has 3 aromatic heterocycles. The van der Waals surface area contributed by atoms with Crippen LogP contribution in [0.1, 0.15) is 5.69 Å². The molecule has 0 aliphatic carbocycles. The van der Waals surface area contributed by atoms with E-state index in [1.54, 1.807) is 18.2 Å². The molecule has 0 saturated heterocycles. The van der Waals surface area contributed by atoms with Gasteiger partial charge in [0.25, 0.3) is 5.56 Å². The van der Waals surface area contributed by atoms with Gasteiger partial charge in [-0.2, -0.15) is 0 Å². The van der Waals surface area contributed by atoms with Gasteiger partial charge in [-0.15, -0.1) is 11.8 Å². The summed E-state index contributed by atoms with van der Waals surface area (Å²) in [5.74, 6) is -1.01. The van der Waals surface area contributed by atoms with E-state index in [0.29, 0.717) is 27.5 Å². The quantitative estimate of drug-likeness (QED) is 0.473. The molecule has 0 amide bonds. The smallest absolute Gasteiger partial charge is 0.272 e. The Balaban J connectivity index is 1.64. The van der Waals surface area contributed by atoms with Gasteiger partial charge >= 0.3 is 0 Å². The van der Waals surface area contributed by atoms with Crippen molar-refractivity contribution in [1.29, 1.82) is 0 Å². The standard InChI is InChI=1S/C17H10BrF2N3O2S/c18-14-5-4-12(25-14)11-7-15-21-9(6-16(24)23(15)22-11)8-26-13-3-1-2-10(19)17(13)20/h1-7,22H,8H2. The van der Waals surface area contributed by atoms with Crippen molar-refractivity contribution in [2.24, 2.45) is 0 Å². The Morgan fingerprint density at radius 2 is 2.08 bits per heavy atom. The lowest BCUT2D eigenvalue weighted by Gasteiger charge is -2.03. The number of H-pyrrole nitrogens is 1. The first-order valence-corrected chi connectivity index (χ1v) is 9.23. The maximum Gasteiger partial charge on any atom is 0.272 e. The van der Waals surface area contributed by atoms with Gasteiger partial charge < -0.3 is 4.42 Å². The van der Waals surface area contributed by atoms with Crippen LogP contribution in [-0.2, 0) is 5.75 Å². The van der Waals surface area contributed by atoms with E-state index in [0.717, 1.165) is 17.8 Å². The Morgan fingerprint density at radius 3 is 2.85 bits per heavy atom. The molecular formula is C17H10BrF2N3O2S. The van der Waals surface area contributed by atoms with E-state index in [4.69, 9.17) is 4.42 Å². The summed E-state index contributed by atoms with van der Waals surface area (Å²) in [5.41, 5.74) is 1.17. The van der Waals surface area contributed by atoms with Crippen LogP contribution in [-0.4, -0.2) is 14.6 Å². The molecule has 9 heteroatoms. The third-order valence-electron chi connectivity index (χ3n) is 3.63. The molecule has 0 aliphatic rings. The SMILES string of the molecule is O=c1cc(CSc2cccc(F)c2F)nc2cc(-c3ccc(Br)o3)[nH]n12. The summed E-state index contributed by atoms with van der Waals surface area (Å²) in [6, 6.07) is 10.5. The molecule has 0 saturated carbocycles. The number of rotatable bonds is 4. The van der Waals surface area contributed by atoms with Gasteiger partial charge in [0, 0.05) is 22.8 Å². The van der Waals surface area contributed by atoms with Crippen LogP contribution in [0, 0.1) is 11.6 Å². The van der Waals surface area contributed by atoms with E-state index < -0.39 is 11.6 Å². The second-order valence-corrected chi connectivity index (χ2v) is 7.19. The monoisotopic (exact) mass is 437 g/mol. The summed E-state index contributed by atoms with van der Waals surface area (Å²) < 4.78 is 34.3. The van der Waals surface area contributed by atoms with Crippen molar-refractivity contribution in [3.63, 3.8) is 0 Å². The minimum atomic E-state index is -0.904. The molecule has 132 valence electrons. The van der Waals surface area contributed by atoms with Crippen molar-refractivity contribution in [2.75, 3.05) is 0 Å². The van der Waals surface area contributed by atoms with E-state index in [9.17, 15) is 13.6 Å². The lowest BCUT2D eigenvalue weighted by atomic mass is 10.3. The highest BCUT2D eigenvalue weighted by atomic mass is 79.9. The molecule has 1 aromatic carbocycles. The summed E-state index contributed by atoms with van der Waals surface area (Å²) in [7, 11) is 0. The molecule has 4 aromatic rings. The zero-order chi connectivity index (χ0) is 18.3. The summed E-state index contributed by atoms with van der Waals surface area (Å²) in [6.07, 6.45) is 0. The number of nitrogens with zero attached hydrogens (tertiary/aromatic N) is 2. The fourth-order valence-corrected chi connectivity index (χ4v) is 3.60. The molecule has 5 nitrogen and oxygen atoms in total. The molecule has 0 bridgehead atoms. The third-order valence-corrected chi connectivity index (χ3v) is 5.13. The Bertz CT molecular complexity index is 1170. The molecule has 0 spiro atoms. The van der Waals surface area contributed by atoms with Gasteiger partial charge in [0.15, 0.2) is 27.7 Å². The predicted octanol–water partition coefficient (Wildman–Crippen LogP) is 4.62. The Kier molecular flexibility index (Phi) is 4.41. The number of benzene rings is 1. The zero-order valence-corrected chi connectivity index (χ0v) is 15.4. The number of thioether (sulfide) groups is 1. The average molecular weight is 438 g/mol. The Hall–Kier alpha value is -2.39. The number of furan rings is 1. The van der Waals surface area contributed by atoms with Crippen molar-refractivity contribution in [3.8, 4) is 11.5 Å². The highest BCUT2D eigenvalue weighted by molar-refractivity contribution is 9.10. The fourth-order valence-electron chi connectivity index (χ4n) is 2.45. The van der Waals surface area contributed by atoms with Gasteiger partial charge in [0.2, 0.25) is 0 Å². The van der Waals surface area contributed by atoms with Crippen molar-refractivity contribution in [1.82, 2.24) is 14.6 Å². The molecule has 0 atom stereocenters. The normalized spacial score (nSPS) is 11.3. The average Bonchev–Trinajstić information content (AvgIpc) is 3.22. The first-order chi connectivity index (χ1) is 12.5. The van der Waals surface area contributed by atoms with E-state index in [2.05, 4.69) is 26.0 Å². The Labute approximate surface area is 158 Å². The lowest BCUT2D eigenvalue weighted by Crippen LogP contribution is -2.15. The number of aromatic nitrogens is 3. The van der Waals surface area contributed by atoms with Crippen LogP contribution in [0.15, 0.2) is 61.2 Å². The highest BCUT2D eigenvalue weighted by Gasteiger charge is 2.12. The molecule has 0 unspecified atom stereocenters. The zero-order valence-electron chi connectivity index (χ0n) is 13.0. The van der Waals surface area contributed by atoms with Gasteiger partial charge in [0.05, 0.1) is 5.69 Å². The van der Waals surface area contributed by atoms with E-state index >= 15 is 0 Å². The number of halogens is 3. The predicted molar refractivity (Wildman–Crippen MR) is 97.1 cm³/mol. The van der Waals surface area contributed by atoms with Crippen LogP contribution in [0.25, 0.3) is 17.1 Å². The number of hydrogen-bond acceptors (Lipinski definition) is 4. The first kappa shape index (κ1) is 17.0. The minimum Gasteiger partial charge on any atom is -0.448 e. The summed E-state index contributed by atoms with van der Waals surface area (Å²) >= 11 is 4.31. The van der Waals surface area contributed by atoms with E-state index in [1.807, 2.05) is 0 Å². The van der Waals surface area contributed by atoms with Crippen LogP contribution in [0.5, 0.6) is 0 Å². The number of nitrogens with one attached hydrogen (secondary N) is 1. The van der Waals surface area contributed by atoms with Crippen molar-refractivity contribution < 1.29 is 13.2 Å². The largest absolute Gasteiger partial charge is 0.448 e. The number of fused-ring (bicyclic) bond motifs is 1. The van der Waals surface area contributed by atoms with Crippen LogP contribution in [0.2, 0.25) is 0 Å². The molecular weight excluding hydrogens is 428 g/mol. The number of aromatic amines is 1. The summed E-state index contributed by atoms with van der Waals surface area (Å²) in [4.78, 5) is 16.9. The van der Waals surface area contributed by atoms with Crippen molar-refractivity contribution in [3.05, 3.63) is 74.8 Å². The maximum atomic E-state index is 13.7. The number of hydrogen-bond donors (Lipinski definition) is 1. The van der Waals surface area contributed by atoms with Gasteiger partial charge in [-0.1, -0.05) is 6.07 Å². The Morgan fingerprint density at radius 1 is 1.23 bits per heavy atom. The van der Waals surface area contributed by atoms with Crippen LogP contribution < -0.4 is 5.56 Å². The molecule has 0 radical (unpaired) electrons. The molecule has 4 rings (SSSR count). The highest BCUT2D eigenvalue weighted by Crippen LogP contribution is 2.27. The first-order valence-electron chi connectivity index (χ1n) is 7.45.